The maximum atomic E-state index is 13.3. The number of nitrogens with one attached hydrogen (secondary N) is 2. The molecule has 2 amide bonds. The quantitative estimate of drug-likeness (QED) is 0.279. The van der Waals surface area contributed by atoms with Crippen molar-refractivity contribution in [2.24, 2.45) is 5.73 Å². The normalized spacial score (nSPS) is 11.7. The molecule has 0 bridgehead atoms. The van der Waals surface area contributed by atoms with Crippen molar-refractivity contribution in [3.05, 3.63) is 107 Å². The fourth-order valence-electron chi connectivity index (χ4n) is 3.71. The van der Waals surface area contributed by atoms with Gasteiger partial charge in [0.25, 0.3) is 5.91 Å². The molecule has 1 heterocycles. The Hall–Kier alpha value is -4.43. The lowest BCUT2D eigenvalue weighted by Gasteiger charge is -2.19. The first-order valence-electron chi connectivity index (χ1n) is 12.1. The summed E-state index contributed by atoms with van der Waals surface area (Å²) in [5, 5.41) is 9.66. The third-order valence-corrected chi connectivity index (χ3v) is 5.82. The van der Waals surface area contributed by atoms with Crippen LogP contribution in [0, 0.1) is 0 Å². The number of amides is 2. The van der Waals surface area contributed by atoms with Crippen LogP contribution >= 0.6 is 0 Å². The summed E-state index contributed by atoms with van der Waals surface area (Å²) in [5.74, 6) is 0.458. The second-order valence-corrected chi connectivity index (χ2v) is 8.93. The third kappa shape index (κ3) is 6.83. The number of anilines is 1. The molecule has 190 valence electrons. The molecule has 37 heavy (non-hydrogen) atoms. The van der Waals surface area contributed by atoms with E-state index >= 15 is 0 Å². The maximum Gasteiger partial charge on any atom is 0.408 e. The Morgan fingerprint density at radius 3 is 2.35 bits per heavy atom. The van der Waals surface area contributed by atoms with Gasteiger partial charge in [-0.25, -0.2) is 4.79 Å². The SMILES string of the molecule is CC(C)c1cc(-c2ccc([C@@H](NC(=O)OCc3ccccc3)C(=O)Nc3cccc(CN)c3)cc2)on1. The minimum absolute atomic E-state index is 0.0855. The number of alkyl carbamates (subject to hydrolysis) is 1. The molecule has 4 rings (SSSR count). The van der Waals surface area contributed by atoms with Gasteiger partial charge in [0.05, 0.1) is 5.69 Å². The van der Waals surface area contributed by atoms with Crippen LogP contribution in [0.4, 0.5) is 10.5 Å². The third-order valence-electron chi connectivity index (χ3n) is 5.82. The van der Waals surface area contributed by atoms with Gasteiger partial charge in [0, 0.05) is 23.9 Å². The molecule has 0 fully saturated rings. The highest BCUT2D eigenvalue weighted by Crippen LogP contribution is 2.26. The Balaban J connectivity index is 1.53. The molecule has 4 N–H and O–H groups in total. The number of ether oxygens (including phenoxy) is 1. The number of nitrogens with two attached hydrogens (primary N) is 1. The largest absolute Gasteiger partial charge is 0.445 e. The van der Waals surface area contributed by atoms with Gasteiger partial charge >= 0.3 is 6.09 Å². The summed E-state index contributed by atoms with van der Waals surface area (Å²) in [6.07, 6.45) is -0.708. The fourth-order valence-corrected chi connectivity index (χ4v) is 3.71. The van der Waals surface area contributed by atoms with E-state index in [0.29, 0.717) is 23.6 Å². The van der Waals surface area contributed by atoms with Gasteiger partial charge in [-0.1, -0.05) is 85.7 Å². The van der Waals surface area contributed by atoms with E-state index < -0.39 is 18.0 Å². The number of rotatable bonds is 9. The summed E-state index contributed by atoms with van der Waals surface area (Å²) >= 11 is 0. The van der Waals surface area contributed by atoms with Crippen LogP contribution in [0.25, 0.3) is 11.3 Å². The van der Waals surface area contributed by atoms with Gasteiger partial charge in [0.1, 0.15) is 12.6 Å². The summed E-state index contributed by atoms with van der Waals surface area (Å²) in [6.45, 7) is 4.51. The van der Waals surface area contributed by atoms with Crippen LogP contribution in [0.1, 0.15) is 48.2 Å². The van der Waals surface area contributed by atoms with Crippen molar-refractivity contribution in [2.75, 3.05) is 5.32 Å². The molecule has 0 aliphatic rings. The topological polar surface area (TPSA) is 119 Å². The van der Waals surface area contributed by atoms with Gasteiger partial charge in [0.2, 0.25) is 0 Å². The van der Waals surface area contributed by atoms with Gasteiger partial charge in [-0.15, -0.1) is 0 Å². The zero-order valence-corrected chi connectivity index (χ0v) is 20.8. The zero-order valence-electron chi connectivity index (χ0n) is 20.8. The van der Waals surface area contributed by atoms with Crippen molar-refractivity contribution in [2.45, 2.75) is 39.0 Å². The molecule has 4 aromatic rings. The van der Waals surface area contributed by atoms with Crippen LogP contribution in [-0.4, -0.2) is 17.2 Å². The van der Waals surface area contributed by atoms with E-state index in [9.17, 15) is 9.59 Å². The minimum atomic E-state index is -1.00. The van der Waals surface area contributed by atoms with Crippen LogP contribution in [0.2, 0.25) is 0 Å². The number of hydrogen-bond acceptors (Lipinski definition) is 6. The lowest BCUT2D eigenvalue weighted by Crippen LogP contribution is -2.37. The van der Waals surface area contributed by atoms with E-state index in [4.69, 9.17) is 15.0 Å². The van der Waals surface area contributed by atoms with E-state index in [1.54, 1.807) is 24.3 Å². The predicted octanol–water partition coefficient (Wildman–Crippen LogP) is 5.53. The molecule has 0 aliphatic carbocycles. The van der Waals surface area contributed by atoms with Crippen molar-refractivity contribution in [3.63, 3.8) is 0 Å². The Labute approximate surface area is 215 Å². The molecule has 1 aromatic heterocycles. The van der Waals surface area contributed by atoms with Crippen LogP contribution in [0.3, 0.4) is 0 Å². The van der Waals surface area contributed by atoms with Gasteiger partial charge in [-0.2, -0.15) is 0 Å². The van der Waals surface area contributed by atoms with Crippen molar-refractivity contribution >= 4 is 17.7 Å². The molecule has 0 radical (unpaired) electrons. The lowest BCUT2D eigenvalue weighted by molar-refractivity contribution is -0.118. The molecule has 0 spiro atoms. The highest BCUT2D eigenvalue weighted by molar-refractivity contribution is 5.97. The van der Waals surface area contributed by atoms with Gasteiger partial charge in [-0.05, 0) is 34.7 Å². The number of carbonyl (C=O) groups excluding carboxylic acids is 2. The molecule has 8 nitrogen and oxygen atoms in total. The number of benzene rings is 3. The van der Waals surface area contributed by atoms with Crippen molar-refractivity contribution < 1.29 is 18.8 Å². The van der Waals surface area contributed by atoms with E-state index in [2.05, 4.69) is 15.8 Å². The van der Waals surface area contributed by atoms with Crippen molar-refractivity contribution in [1.29, 1.82) is 0 Å². The number of aromatic nitrogens is 1. The Bertz CT molecular complexity index is 1330. The van der Waals surface area contributed by atoms with E-state index in [1.807, 2.05) is 74.5 Å². The van der Waals surface area contributed by atoms with Crippen molar-refractivity contribution in [3.8, 4) is 11.3 Å². The fraction of sp³-hybridized carbons (Fsp3) is 0.207. The number of hydrogen-bond donors (Lipinski definition) is 3. The second-order valence-electron chi connectivity index (χ2n) is 8.93. The van der Waals surface area contributed by atoms with Crippen LogP contribution in [0.5, 0.6) is 0 Å². The van der Waals surface area contributed by atoms with E-state index in [1.165, 1.54) is 0 Å². The molecule has 0 aliphatic heterocycles. The standard InChI is InChI=1S/C29H30N4O4/c1-19(2)25-16-26(37-33-25)22-11-13-23(14-12-22)27(28(34)31-24-10-6-9-21(15-24)17-30)32-29(35)36-18-20-7-4-3-5-8-20/h3-16,19,27H,17-18,30H2,1-2H3,(H,31,34)(H,32,35)/t27-/m1/s1. The lowest BCUT2D eigenvalue weighted by atomic mass is 10.0. The molecule has 0 unspecified atom stereocenters. The highest BCUT2D eigenvalue weighted by atomic mass is 16.5. The Morgan fingerprint density at radius 1 is 0.946 bits per heavy atom. The van der Waals surface area contributed by atoms with Crippen LogP contribution < -0.4 is 16.4 Å². The van der Waals surface area contributed by atoms with Gasteiger partial charge in [0.15, 0.2) is 5.76 Å². The van der Waals surface area contributed by atoms with E-state index in [-0.39, 0.29) is 12.5 Å². The summed E-state index contributed by atoms with van der Waals surface area (Å²) in [5.41, 5.74) is 10.3. The second kappa shape index (κ2) is 12.0. The number of carbonyl (C=O) groups is 2. The zero-order chi connectivity index (χ0) is 26.2. The molecule has 3 aromatic carbocycles. The Kier molecular flexibility index (Phi) is 8.33. The first-order valence-corrected chi connectivity index (χ1v) is 12.1. The molecule has 0 saturated carbocycles. The Morgan fingerprint density at radius 2 is 1.68 bits per heavy atom. The number of nitrogens with zero attached hydrogens (tertiary/aromatic N) is 1. The predicted molar refractivity (Wildman–Crippen MR) is 141 cm³/mol. The van der Waals surface area contributed by atoms with Gasteiger partial charge < -0.3 is 25.6 Å². The molecule has 8 heteroatoms. The highest BCUT2D eigenvalue weighted by Gasteiger charge is 2.24. The first-order chi connectivity index (χ1) is 17.9. The van der Waals surface area contributed by atoms with Crippen molar-refractivity contribution in [1.82, 2.24) is 10.5 Å². The van der Waals surface area contributed by atoms with E-state index in [0.717, 1.165) is 22.4 Å². The molecular formula is C29H30N4O4. The molecular weight excluding hydrogens is 468 g/mol. The summed E-state index contributed by atoms with van der Waals surface area (Å²) in [7, 11) is 0. The molecule has 1 atom stereocenters. The summed E-state index contributed by atoms with van der Waals surface area (Å²) in [6, 6.07) is 24.7. The smallest absolute Gasteiger partial charge is 0.408 e. The average Bonchev–Trinajstić information content (AvgIpc) is 3.42. The van der Waals surface area contributed by atoms with Crippen LogP contribution in [0.15, 0.2) is 89.5 Å². The maximum absolute atomic E-state index is 13.3. The summed E-state index contributed by atoms with van der Waals surface area (Å²) in [4.78, 5) is 26.0. The first kappa shape index (κ1) is 25.7. The summed E-state index contributed by atoms with van der Waals surface area (Å²) < 4.78 is 10.8. The average molecular weight is 499 g/mol. The van der Waals surface area contributed by atoms with Crippen LogP contribution in [-0.2, 0) is 22.7 Å². The monoisotopic (exact) mass is 498 g/mol. The van der Waals surface area contributed by atoms with Gasteiger partial charge in [-0.3, -0.25) is 4.79 Å². The molecule has 0 saturated heterocycles. The minimum Gasteiger partial charge on any atom is -0.445 e.